The molecule has 338 valence electrons. The second-order valence-corrected chi connectivity index (χ2v) is 16.2. The van der Waals surface area contributed by atoms with E-state index in [1.807, 2.05) is 36.4 Å². The van der Waals surface area contributed by atoms with Gasteiger partial charge in [0.15, 0.2) is 11.4 Å². The monoisotopic (exact) mass is 908 g/mol. The van der Waals surface area contributed by atoms with Gasteiger partial charge in [-0.3, -0.25) is 29.5 Å². The number of amides is 4. The number of nitrogens with zero attached hydrogens (tertiary/aromatic N) is 4. The lowest BCUT2D eigenvalue weighted by molar-refractivity contribution is -0.137. The van der Waals surface area contributed by atoms with Gasteiger partial charge in [0, 0.05) is 45.6 Å². The van der Waals surface area contributed by atoms with Crippen LogP contribution in [0.3, 0.4) is 0 Å². The number of alkyl halides is 3. The molecule has 2 aliphatic heterocycles. The van der Waals surface area contributed by atoms with Crippen molar-refractivity contribution in [1.29, 1.82) is 0 Å². The number of fused-ring (bicyclic) bond motifs is 4. The van der Waals surface area contributed by atoms with E-state index in [9.17, 15) is 42.6 Å². The van der Waals surface area contributed by atoms with Crippen LogP contribution in [0, 0.1) is 6.92 Å². The average molecular weight is 909 g/mol. The Balaban J connectivity index is 0.000000169. The molecule has 2 aromatic heterocycles. The summed E-state index contributed by atoms with van der Waals surface area (Å²) in [5.74, 6) is -1.55. The van der Waals surface area contributed by atoms with Crippen LogP contribution in [-0.4, -0.2) is 64.0 Å². The number of carbonyl (C=O) groups excluding carboxylic acids is 3. The summed E-state index contributed by atoms with van der Waals surface area (Å²) in [5, 5.41) is 35.2. The number of halogens is 3. The third-order valence-electron chi connectivity index (χ3n) is 11.9. The molecule has 0 bridgehead atoms. The highest BCUT2D eigenvalue weighted by atomic mass is 19.4. The summed E-state index contributed by atoms with van der Waals surface area (Å²) < 4.78 is 40.7. The summed E-state index contributed by atoms with van der Waals surface area (Å²) >= 11 is 0. The van der Waals surface area contributed by atoms with Crippen molar-refractivity contribution in [2.24, 2.45) is 5.73 Å². The number of hydrogen-bond donors (Lipinski definition) is 7. The number of carboxylic acid groups (broad SMARTS) is 1. The Labute approximate surface area is 378 Å². The number of rotatable bonds is 8. The maximum atomic E-state index is 13.6. The smallest absolute Gasteiger partial charge is 0.416 e. The van der Waals surface area contributed by atoms with Gasteiger partial charge in [-0.1, -0.05) is 78.9 Å². The predicted molar refractivity (Wildman–Crippen MR) is 240 cm³/mol. The zero-order chi connectivity index (χ0) is 47.6. The Hall–Kier alpha value is -8.35. The van der Waals surface area contributed by atoms with Crippen molar-refractivity contribution >= 4 is 57.5 Å². The first-order valence-corrected chi connectivity index (χ1v) is 20.7. The molecule has 8 aromatic rings. The number of primary amides is 1. The normalized spacial score (nSPS) is 18.1. The molecular weight excluding hydrogens is 870 g/mol. The first-order valence-electron chi connectivity index (χ1n) is 20.7. The highest BCUT2D eigenvalue weighted by Crippen LogP contribution is 2.47. The Morgan fingerprint density at radius 2 is 1.31 bits per heavy atom. The zero-order valence-corrected chi connectivity index (χ0v) is 35.5. The Bertz CT molecular complexity index is 3300. The van der Waals surface area contributed by atoms with E-state index in [2.05, 4.69) is 25.3 Å². The van der Waals surface area contributed by atoms with E-state index in [-0.39, 0.29) is 51.9 Å². The van der Waals surface area contributed by atoms with Crippen molar-refractivity contribution in [2.45, 2.75) is 43.9 Å². The Kier molecular flexibility index (Phi) is 10.7. The van der Waals surface area contributed by atoms with E-state index < -0.39 is 47.0 Å². The second kappa shape index (κ2) is 16.3. The second-order valence-electron chi connectivity index (χ2n) is 16.2. The molecule has 3 unspecified atom stereocenters. The number of aromatic nitrogens is 4. The van der Waals surface area contributed by atoms with Crippen molar-refractivity contribution in [1.82, 2.24) is 24.8 Å². The SMILES string of the molecule is CC(C(N)=O)c1nc2cc(C3(O)c4ccccc4C(=O)N3Cc3ccccc3)ccc2[nH]1.Cc1cc(N2C(=O)c3ccccc3C2(O)c2ccc3[nH]c(NC(=O)O)nc3c2)cc(C(F)(F)F)c1. The zero-order valence-electron chi connectivity index (χ0n) is 35.5. The number of anilines is 2. The minimum atomic E-state index is -4.66. The molecule has 2 aliphatic rings. The van der Waals surface area contributed by atoms with Gasteiger partial charge >= 0.3 is 12.3 Å². The van der Waals surface area contributed by atoms with Gasteiger partial charge in [0.2, 0.25) is 11.9 Å². The first kappa shape index (κ1) is 43.9. The molecule has 15 nitrogen and oxygen atoms in total. The van der Waals surface area contributed by atoms with Crippen LogP contribution in [0.2, 0.25) is 0 Å². The van der Waals surface area contributed by atoms with E-state index in [1.54, 1.807) is 55.5 Å². The molecule has 0 aliphatic carbocycles. The number of carbonyl (C=O) groups is 4. The van der Waals surface area contributed by atoms with Crippen molar-refractivity contribution in [3.8, 4) is 0 Å². The van der Waals surface area contributed by atoms with Crippen molar-refractivity contribution < 1.29 is 47.7 Å². The minimum absolute atomic E-state index is 0.0510. The standard InChI is InChI=1S/C25H22N4O3.C24H17F3N4O4/c1-15(22(26)30)23-27-20-12-11-17(13-21(20)28-23)25(32)19-10-6-5-9-18(19)24(31)29(25)14-16-7-3-2-4-8-16;1-12-8-14(24(25,26)27)10-15(9-12)31-20(32)16-4-2-3-5-17(16)23(31,35)13-6-7-18-19(11-13)29-21(28-18)30-22(33)34/h2-13,15,32H,14H2,1H3,(H2,26,30)(H,27,28);2-11,35H,1H3,(H,33,34)(H2,28,29,30). The quantitative estimate of drug-likeness (QED) is 0.0786. The largest absolute Gasteiger partial charge is 0.465 e. The molecule has 4 heterocycles. The van der Waals surface area contributed by atoms with E-state index in [1.165, 1.54) is 48.2 Å². The van der Waals surface area contributed by atoms with Gasteiger partial charge in [0.05, 0.1) is 33.5 Å². The van der Waals surface area contributed by atoms with Gasteiger partial charge < -0.3 is 31.0 Å². The van der Waals surface area contributed by atoms with Crippen LogP contribution in [-0.2, 0) is 29.0 Å². The Morgan fingerprint density at radius 1 is 0.746 bits per heavy atom. The Morgan fingerprint density at radius 3 is 1.94 bits per heavy atom. The number of aliphatic hydroxyl groups is 2. The van der Waals surface area contributed by atoms with E-state index >= 15 is 0 Å². The van der Waals surface area contributed by atoms with Gasteiger partial charge in [-0.25, -0.2) is 14.8 Å². The number of nitrogens with one attached hydrogen (secondary N) is 3. The fourth-order valence-electron chi connectivity index (χ4n) is 8.65. The lowest BCUT2D eigenvalue weighted by Crippen LogP contribution is -2.45. The number of benzene rings is 6. The van der Waals surface area contributed by atoms with Gasteiger partial charge in [-0.05, 0) is 79.6 Å². The molecule has 10 rings (SSSR count). The van der Waals surface area contributed by atoms with Crippen molar-refractivity contribution in [3.63, 3.8) is 0 Å². The number of aromatic amines is 2. The summed E-state index contributed by atoms with van der Waals surface area (Å²) in [6, 6.07) is 35.8. The van der Waals surface area contributed by atoms with Crippen LogP contribution in [0.15, 0.2) is 133 Å². The van der Waals surface area contributed by atoms with E-state index in [4.69, 9.17) is 10.8 Å². The maximum Gasteiger partial charge on any atom is 0.416 e. The number of aryl methyl sites for hydroxylation is 1. The average Bonchev–Trinajstić information content (AvgIpc) is 4.03. The number of H-pyrrole nitrogens is 2. The molecule has 8 N–H and O–H groups in total. The highest BCUT2D eigenvalue weighted by molar-refractivity contribution is 6.12. The fourth-order valence-corrected chi connectivity index (χ4v) is 8.65. The summed E-state index contributed by atoms with van der Waals surface area (Å²) in [5.41, 5.74) is 5.71. The third kappa shape index (κ3) is 7.56. The van der Waals surface area contributed by atoms with Gasteiger partial charge in [0.25, 0.3) is 11.8 Å². The summed E-state index contributed by atoms with van der Waals surface area (Å²) in [7, 11) is 0. The summed E-state index contributed by atoms with van der Waals surface area (Å²) in [6.07, 6.45) is -5.99. The highest BCUT2D eigenvalue weighted by Gasteiger charge is 2.52. The molecule has 0 fully saturated rings. The van der Waals surface area contributed by atoms with E-state index in [0.29, 0.717) is 39.1 Å². The van der Waals surface area contributed by atoms with Gasteiger partial charge in [0.1, 0.15) is 5.82 Å². The number of nitrogens with two attached hydrogens (primary N) is 1. The lowest BCUT2D eigenvalue weighted by Gasteiger charge is -2.35. The predicted octanol–water partition coefficient (Wildman–Crippen LogP) is 7.83. The number of hydrogen-bond acceptors (Lipinski definition) is 8. The molecule has 18 heteroatoms. The number of imidazole rings is 2. The van der Waals surface area contributed by atoms with Crippen LogP contribution < -0.4 is 16.0 Å². The van der Waals surface area contributed by atoms with E-state index in [0.717, 1.165) is 22.6 Å². The molecule has 3 atom stereocenters. The van der Waals surface area contributed by atoms with Gasteiger partial charge in [-0.2, -0.15) is 13.2 Å². The minimum Gasteiger partial charge on any atom is -0.465 e. The third-order valence-corrected chi connectivity index (χ3v) is 11.9. The van der Waals surface area contributed by atoms with Crippen LogP contribution in [0.5, 0.6) is 0 Å². The van der Waals surface area contributed by atoms with Crippen LogP contribution >= 0.6 is 0 Å². The summed E-state index contributed by atoms with van der Waals surface area (Å²) in [4.78, 5) is 66.2. The molecule has 4 amide bonds. The van der Waals surface area contributed by atoms with Crippen LogP contribution in [0.1, 0.15) is 78.3 Å². The first-order chi connectivity index (χ1) is 31.9. The molecule has 6 aromatic carbocycles. The van der Waals surface area contributed by atoms with Crippen LogP contribution in [0.25, 0.3) is 22.1 Å². The van der Waals surface area contributed by atoms with Crippen molar-refractivity contribution in [3.05, 3.63) is 189 Å². The fraction of sp³-hybridized carbons (Fsp3) is 0.143. The molecule has 67 heavy (non-hydrogen) atoms. The molecule has 0 saturated heterocycles. The molecule has 0 saturated carbocycles. The lowest BCUT2D eigenvalue weighted by atomic mass is 9.93. The summed E-state index contributed by atoms with van der Waals surface area (Å²) in [6.45, 7) is 3.40. The molecular formula is C49H39F3N8O7. The molecule has 0 radical (unpaired) electrons. The van der Waals surface area contributed by atoms with Gasteiger partial charge in [-0.15, -0.1) is 0 Å². The van der Waals surface area contributed by atoms with Crippen molar-refractivity contribution in [2.75, 3.05) is 10.2 Å². The van der Waals surface area contributed by atoms with Crippen LogP contribution in [0.4, 0.5) is 29.6 Å². The molecule has 0 spiro atoms. The topological polar surface area (TPSA) is 231 Å². The maximum absolute atomic E-state index is 13.6.